The zero-order chi connectivity index (χ0) is 44.0. The SMILES string of the molecule is CC1(C)c2ccccc2-c2ccc(N(c3ccc(-c4cccc5c6c(oc45)C=CCC6)cc3)c3cccc(-c4cccc5c4-c4ccccc4C5(c4ccccc4)c4ccccc4)c3)cc21. The predicted octanol–water partition coefficient (Wildman–Crippen LogP) is 16.9. The molecule has 3 aliphatic rings. The van der Waals surface area contributed by atoms with Gasteiger partial charge in [-0.2, -0.15) is 0 Å². The zero-order valence-electron chi connectivity index (χ0n) is 37.1. The van der Waals surface area contributed by atoms with Gasteiger partial charge in [0.25, 0.3) is 0 Å². The van der Waals surface area contributed by atoms with Crippen molar-refractivity contribution in [2.45, 2.75) is 37.5 Å². The van der Waals surface area contributed by atoms with Gasteiger partial charge in [0.15, 0.2) is 0 Å². The molecule has 66 heavy (non-hydrogen) atoms. The predicted molar refractivity (Wildman–Crippen MR) is 274 cm³/mol. The van der Waals surface area contributed by atoms with Crippen LogP contribution in [0.25, 0.3) is 61.6 Å². The van der Waals surface area contributed by atoms with Crippen LogP contribution in [0, 0.1) is 0 Å². The summed E-state index contributed by atoms with van der Waals surface area (Å²) in [5.41, 5.74) is 22.7. The lowest BCUT2D eigenvalue weighted by atomic mass is 9.67. The van der Waals surface area contributed by atoms with Crippen LogP contribution in [0.4, 0.5) is 17.1 Å². The number of aryl methyl sites for hydroxylation is 1. The van der Waals surface area contributed by atoms with E-state index in [0.717, 1.165) is 52.4 Å². The number of nitrogens with zero attached hydrogens (tertiary/aromatic N) is 1. The van der Waals surface area contributed by atoms with Gasteiger partial charge in [0.2, 0.25) is 0 Å². The minimum atomic E-state index is -0.472. The van der Waals surface area contributed by atoms with Crippen LogP contribution in [0.2, 0.25) is 0 Å². The molecule has 0 N–H and O–H groups in total. The monoisotopic (exact) mass is 845 g/mol. The van der Waals surface area contributed by atoms with Gasteiger partial charge in [0, 0.05) is 39.0 Å². The molecule has 2 nitrogen and oxygen atoms in total. The molecular formula is C64H47NO. The second-order valence-electron chi connectivity index (χ2n) is 18.7. The lowest BCUT2D eigenvalue weighted by Gasteiger charge is -2.34. The fourth-order valence-electron chi connectivity index (χ4n) is 11.8. The normalized spacial score (nSPS) is 14.6. The van der Waals surface area contributed by atoms with Crippen LogP contribution in [0.5, 0.6) is 0 Å². The topological polar surface area (TPSA) is 16.4 Å². The lowest BCUT2D eigenvalue weighted by molar-refractivity contribution is 0.596. The van der Waals surface area contributed by atoms with E-state index in [1.165, 1.54) is 77.7 Å². The number of fused-ring (bicyclic) bond motifs is 9. The fraction of sp³-hybridized carbons (Fsp3) is 0.0938. The Morgan fingerprint density at radius 3 is 1.83 bits per heavy atom. The summed E-state index contributed by atoms with van der Waals surface area (Å²) in [6, 6.07) is 78.9. The quantitative estimate of drug-likeness (QED) is 0.159. The first-order chi connectivity index (χ1) is 32.5. The van der Waals surface area contributed by atoms with Crippen molar-refractivity contribution in [1.29, 1.82) is 0 Å². The Balaban J connectivity index is 0.985. The van der Waals surface area contributed by atoms with E-state index >= 15 is 0 Å². The smallest absolute Gasteiger partial charge is 0.142 e. The highest BCUT2D eigenvalue weighted by Crippen LogP contribution is 2.58. The lowest BCUT2D eigenvalue weighted by Crippen LogP contribution is -2.28. The largest absolute Gasteiger partial charge is 0.456 e. The Hall–Kier alpha value is -7.94. The van der Waals surface area contributed by atoms with Crippen molar-refractivity contribution in [3.8, 4) is 44.5 Å². The van der Waals surface area contributed by atoms with Gasteiger partial charge in [-0.25, -0.2) is 0 Å². The standard InChI is InChI=1S/C64H47NO/c1-63(2)56-30-12-9-24-51(56)52-39-38-48(41-59(52)63)65(46-36-34-42(35-37-46)50-28-16-29-54-53-25-11-14-33-60(53)66-62(50)54)47-23-15-18-43(40-47)49-27-17-32-58-61(49)55-26-10-13-31-57(55)64(58,44-19-5-3-6-20-44)45-21-7-4-8-22-45/h3-10,12-24,26-41H,11,25H2,1-2H3. The van der Waals surface area contributed by atoms with E-state index in [0.29, 0.717) is 0 Å². The van der Waals surface area contributed by atoms with Crippen LogP contribution in [-0.4, -0.2) is 0 Å². The molecule has 0 spiro atoms. The summed E-state index contributed by atoms with van der Waals surface area (Å²) in [5.74, 6) is 0.992. The van der Waals surface area contributed by atoms with Crippen LogP contribution in [-0.2, 0) is 17.3 Å². The molecule has 0 saturated carbocycles. The Kier molecular flexibility index (Phi) is 8.64. The van der Waals surface area contributed by atoms with E-state index in [1.54, 1.807) is 0 Å². The first-order valence-corrected chi connectivity index (χ1v) is 23.3. The molecule has 13 rings (SSSR count). The minimum absolute atomic E-state index is 0.141. The number of anilines is 3. The summed E-state index contributed by atoms with van der Waals surface area (Å²) < 4.78 is 6.56. The van der Waals surface area contributed by atoms with Crippen molar-refractivity contribution in [2.75, 3.05) is 4.90 Å². The molecule has 0 atom stereocenters. The number of allylic oxidation sites excluding steroid dienone is 1. The molecule has 9 aromatic carbocycles. The van der Waals surface area contributed by atoms with Crippen molar-refractivity contribution < 1.29 is 4.42 Å². The van der Waals surface area contributed by atoms with Crippen LogP contribution in [0.1, 0.15) is 65.0 Å². The summed E-state index contributed by atoms with van der Waals surface area (Å²) in [6.07, 6.45) is 6.41. The van der Waals surface area contributed by atoms with Gasteiger partial charge in [-0.3, -0.25) is 0 Å². The summed E-state index contributed by atoms with van der Waals surface area (Å²) in [5, 5.41) is 1.22. The maximum atomic E-state index is 6.56. The van der Waals surface area contributed by atoms with Gasteiger partial charge in [0.05, 0.1) is 5.41 Å². The molecule has 0 radical (unpaired) electrons. The van der Waals surface area contributed by atoms with Crippen molar-refractivity contribution in [3.05, 3.63) is 263 Å². The number of benzene rings is 9. The van der Waals surface area contributed by atoms with Crippen LogP contribution < -0.4 is 4.90 Å². The Bertz CT molecular complexity index is 3510. The van der Waals surface area contributed by atoms with E-state index in [2.05, 4.69) is 243 Å². The molecule has 1 heterocycles. The maximum Gasteiger partial charge on any atom is 0.142 e. The molecule has 0 fully saturated rings. The van der Waals surface area contributed by atoms with E-state index < -0.39 is 5.41 Å². The Morgan fingerprint density at radius 2 is 1.05 bits per heavy atom. The van der Waals surface area contributed by atoms with Gasteiger partial charge in [-0.15, -0.1) is 0 Å². The second-order valence-corrected chi connectivity index (χ2v) is 18.7. The number of hydrogen-bond donors (Lipinski definition) is 0. The molecule has 314 valence electrons. The minimum Gasteiger partial charge on any atom is -0.456 e. The average Bonchev–Trinajstić information content (AvgIpc) is 3.99. The van der Waals surface area contributed by atoms with Crippen molar-refractivity contribution in [1.82, 2.24) is 0 Å². The molecule has 2 heteroatoms. The molecule has 0 bridgehead atoms. The molecular weight excluding hydrogens is 799 g/mol. The van der Waals surface area contributed by atoms with Crippen molar-refractivity contribution in [3.63, 3.8) is 0 Å². The van der Waals surface area contributed by atoms with Crippen LogP contribution in [0.3, 0.4) is 0 Å². The van der Waals surface area contributed by atoms with Crippen LogP contribution >= 0.6 is 0 Å². The molecule has 3 aliphatic carbocycles. The Morgan fingerprint density at radius 1 is 0.439 bits per heavy atom. The van der Waals surface area contributed by atoms with Gasteiger partial charge in [0.1, 0.15) is 11.3 Å². The molecule has 0 aliphatic heterocycles. The third-order valence-corrected chi connectivity index (χ3v) is 14.8. The second kappa shape index (κ2) is 14.8. The third kappa shape index (κ3) is 5.61. The van der Waals surface area contributed by atoms with Gasteiger partial charge < -0.3 is 9.32 Å². The average molecular weight is 846 g/mol. The zero-order valence-corrected chi connectivity index (χ0v) is 37.1. The number of rotatable bonds is 7. The van der Waals surface area contributed by atoms with E-state index in [-0.39, 0.29) is 5.41 Å². The molecule has 0 saturated heterocycles. The Labute approximate surface area is 386 Å². The van der Waals surface area contributed by atoms with Crippen LogP contribution in [0.15, 0.2) is 223 Å². The van der Waals surface area contributed by atoms with Crippen molar-refractivity contribution >= 4 is 34.1 Å². The summed E-state index contributed by atoms with van der Waals surface area (Å²) in [7, 11) is 0. The van der Waals surface area contributed by atoms with Crippen molar-refractivity contribution in [2.24, 2.45) is 0 Å². The van der Waals surface area contributed by atoms with E-state index in [1.807, 2.05) is 0 Å². The van der Waals surface area contributed by atoms with E-state index in [4.69, 9.17) is 4.42 Å². The molecule has 1 aromatic heterocycles. The highest BCUT2D eigenvalue weighted by molar-refractivity contribution is 5.98. The maximum absolute atomic E-state index is 6.56. The summed E-state index contributed by atoms with van der Waals surface area (Å²) >= 11 is 0. The first kappa shape index (κ1) is 38.5. The van der Waals surface area contributed by atoms with E-state index in [9.17, 15) is 0 Å². The highest BCUT2D eigenvalue weighted by Gasteiger charge is 2.46. The number of furan rings is 1. The van der Waals surface area contributed by atoms with Gasteiger partial charge in [-0.1, -0.05) is 196 Å². The van der Waals surface area contributed by atoms with Gasteiger partial charge >= 0.3 is 0 Å². The first-order valence-electron chi connectivity index (χ1n) is 23.3. The fourth-order valence-corrected chi connectivity index (χ4v) is 11.8. The molecule has 10 aromatic rings. The summed E-state index contributed by atoms with van der Waals surface area (Å²) in [4.78, 5) is 2.44. The van der Waals surface area contributed by atoms with Gasteiger partial charge in [-0.05, 0) is 128 Å². The molecule has 0 amide bonds. The molecule has 0 unspecified atom stereocenters. The highest BCUT2D eigenvalue weighted by atomic mass is 16.3. The summed E-state index contributed by atoms with van der Waals surface area (Å²) in [6.45, 7) is 4.73. The number of para-hydroxylation sites is 1. The third-order valence-electron chi connectivity index (χ3n) is 14.8. The number of hydrogen-bond acceptors (Lipinski definition) is 2.